The number of pyridine rings is 1. The Labute approximate surface area is 150 Å². The summed E-state index contributed by atoms with van der Waals surface area (Å²) in [5.41, 5.74) is 3.30. The van der Waals surface area contributed by atoms with Crippen molar-refractivity contribution in [1.82, 2.24) is 15.7 Å². The van der Waals surface area contributed by atoms with E-state index in [4.69, 9.17) is 9.47 Å². The highest BCUT2D eigenvalue weighted by Crippen LogP contribution is 2.31. The van der Waals surface area contributed by atoms with E-state index in [2.05, 4.69) is 20.8 Å². The average molecular weight is 354 g/mol. The highest BCUT2D eigenvalue weighted by molar-refractivity contribution is 6.39. The summed E-state index contributed by atoms with van der Waals surface area (Å²) < 4.78 is 11.1. The first-order valence-corrected chi connectivity index (χ1v) is 8.05. The molecule has 0 unspecified atom stereocenters. The van der Waals surface area contributed by atoms with Gasteiger partial charge in [0.25, 0.3) is 5.91 Å². The molecule has 0 spiro atoms. The second kappa shape index (κ2) is 8.11. The van der Waals surface area contributed by atoms with Gasteiger partial charge in [0.2, 0.25) is 11.8 Å². The van der Waals surface area contributed by atoms with Crippen LogP contribution in [0.25, 0.3) is 0 Å². The van der Waals surface area contributed by atoms with Crippen LogP contribution in [0.1, 0.15) is 18.4 Å². The van der Waals surface area contributed by atoms with Gasteiger partial charge in [-0.2, -0.15) is 5.10 Å². The first kappa shape index (κ1) is 17.4. The topological polar surface area (TPSA) is 102 Å². The van der Waals surface area contributed by atoms with Crippen LogP contribution in [-0.2, 0) is 16.1 Å². The van der Waals surface area contributed by atoms with Gasteiger partial charge in [-0.3, -0.25) is 9.59 Å². The summed E-state index contributed by atoms with van der Waals surface area (Å²) in [7, 11) is 1.56. The van der Waals surface area contributed by atoms with Crippen molar-refractivity contribution < 1.29 is 19.1 Å². The number of hydrazone groups is 1. The van der Waals surface area contributed by atoms with Gasteiger partial charge in [0.1, 0.15) is 5.71 Å². The number of amides is 2. The molecule has 1 aromatic carbocycles. The Morgan fingerprint density at radius 3 is 2.73 bits per heavy atom. The maximum atomic E-state index is 12.2. The number of hydrogen-bond acceptors (Lipinski definition) is 6. The number of nitrogens with zero attached hydrogens (tertiary/aromatic N) is 2. The smallest absolute Gasteiger partial charge is 0.267 e. The lowest BCUT2D eigenvalue weighted by atomic mass is 10.1. The van der Waals surface area contributed by atoms with E-state index in [0.717, 1.165) is 0 Å². The Kier molecular flexibility index (Phi) is 5.43. The van der Waals surface area contributed by atoms with E-state index in [1.54, 1.807) is 31.5 Å². The van der Waals surface area contributed by atoms with Gasteiger partial charge in [0.05, 0.1) is 7.11 Å². The fourth-order valence-corrected chi connectivity index (χ4v) is 2.37. The largest absolute Gasteiger partial charge is 0.493 e. The Morgan fingerprint density at radius 1 is 1.19 bits per heavy atom. The van der Waals surface area contributed by atoms with Gasteiger partial charge in [-0.15, -0.1) is 0 Å². The van der Waals surface area contributed by atoms with Crippen LogP contribution in [0.2, 0.25) is 0 Å². The maximum absolute atomic E-state index is 12.2. The molecule has 1 aliphatic rings. The minimum Gasteiger partial charge on any atom is -0.493 e. The SMILES string of the molecule is COc1ccccc1Oc1ncccc1CNC(=O)C1=NNC(=O)CC1. The van der Waals surface area contributed by atoms with E-state index in [1.165, 1.54) is 0 Å². The van der Waals surface area contributed by atoms with Gasteiger partial charge >= 0.3 is 0 Å². The van der Waals surface area contributed by atoms with Crippen molar-refractivity contribution >= 4 is 17.5 Å². The van der Waals surface area contributed by atoms with Crippen LogP contribution in [-0.4, -0.2) is 29.6 Å². The predicted octanol–water partition coefficient (Wildman–Crippen LogP) is 1.76. The molecular weight excluding hydrogens is 336 g/mol. The Bertz CT molecular complexity index is 851. The second-order valence-electron chi connectivity index (χ2n) is 5.50. The zero-order valence-corrected chi connectivity index (χ0v) is 14.2. The first-order valence-electron chi connectivity index (χ1n) is 8.05. The quantitative estimate of drug-likeness (QED) is 0.823. The third-order valence-electron chi connectivity index (χ3n) is 3.73. The number of nitrogens with one attached hydrogen (secondary N) is 2. The highest BCUT2D eigenvalue weighted by Gasteiger charge is 2.18. The number of carbonyl (C=O) groups excluding carboxylic acids is 2. The summed E-state index contributed by atoms with van der Waals surface area (Å²) in [6, 6.07) is 10.8. The molecule has 0 bridgehead atoms. The van der Waals surface area contributed by atoms with Crippen LogP contribution in [0.5, 0.6) is 17.4 Å². The summed E-state index contributed by atoms with van der Waals surface area (Å²) in [6.07, 6.45) is 2.17. The van der Waals surface area contributed by atoms with Gasteiger partial charge in [-0.1, -0.05) is 18.2 Å². The molecule has 2 heterocycles. The highest BCUT2D eigenvalue weighted by atomic mass is 16.5. The molecule has 8 nitrogen and oxygen atoms in total. The molecule has 1 aliphatic heterocycles. The molecule has 0 fully saturated rings. The van der Waals surface area contributed by atoms with E-state index in [1.807, 2.05) is 18.2 Å². The molecule has 0 aliphatic carbocycles. The number of methoxy groups -OCH3 is 1. The lowest BCUT2D eigenvalue weighted by molar-refractivity contribution is -0.121. The van der Waals surface area contributed by atoms with Crippen LogP contribution in [0.4, 0.5) is 0 Å². The zero-order chi connectivity index (χ0) is 18.4. The molecular formula is C18H18N4O4. The van der Waals surface area contributed by atoms with E-state index >= 15 is 0 Å². The van der Waals surface area contributed by atoms with Gasteiger partial charge in [0, 0.05) is 31.1 Å². The van der Waals surface area contributed by atoms with E-state index in [9.17, 15) is 9.59 Å². The van der Waals surface area contributed by atoms with Gasteiger partial charge in [-0.05, 0) is 18.2 Å². The second-order valence-corrected chi connectivity index (χ2v) is 5.50. The molecule has 1 aromatic heterocycles. The maximum Gasteiger partial charge on any atom is 0.267 e. The molecule has 0 saturated carbocycles. The molecule has 0 radical (unpaired) electrons. The van der Waals surface area contributed by atoms with Crippen LogP contribution < -0.4 is 20.2 Å². The third-order valence-corrected chi connectivity index (χ3v) is 3.73. The van der Waals surface area contributed by atoms with Crippen LogP contribution in [0.15, 0.2) is 47.7 Å². The zero-order valence-electron chi connectivity index (χ0n) is 14.2. The van der Waals surface area contributed by atoms with E-state index in [-0.39, 0.29) is 24.8 Å². The molecule has 2 amide bonds. The van der Waals surface area contributed by atoms with Crippen molar-refractivity contribution in [2.24, 2.45) is 5.10 Å². The number of ether oxygens (including phenoxy) is 2. The Balaban J connectivity index is 1.69. The number of aromatic nitrogens is 1. The minimum absolute atomic E-state index is 0.193. The van der Waals surface area contributed by atoms with Crippen molar-refractivity contribution in [2.75, 3.05) is 7.11 Å². The Hall–Kier alpha value is -3.42. The van der Waals surface area contributed by atoms with E-state index < -0.39 is 0 Å². The third kappa shape index (κ3) is 4.15. The van der Waals surface area contributed by atoms with Crippen molar-refractivity contribution in [3.05, 3.63) is 48.2 Å². The minimum atomic E-state index is -0.336. The van der Waals surface area contributed by atoms with Crippen LogP contribution in [0, 0.1) is 0 Å². The van der Waals surface area contributed by atoms with Crippen molar-refractivity contribution in [3.8, 4) is 17.4 Å². The van der Waals surface area contributed by atoms with Crippen LogP contribution >= 0.6 is 0 Å². The molecule has 134 valence electrons. The van der Waals surface area contributed by atoms with Gasteiger partial charge in [0.15, 0.2) is 11.5 Å². The average Bonchev–Trinajstić information content (AvgIpc) is 2.68. The molecule has 26 heavy (non-hydrogen) atoms. The predicted molar refractivity (Wildman–Crippen MR) is 94.0 cm³/mol. The molecule has 8 heteroatoms. The lowest BCUT2D eigenvalue weighted by Gasteiger charge is -2.14. The first-order chi connectivity index (χ1) is 12.7. The number of carbonyl (C=O) groups is 2. The number of benzene rings is 1. The monoisotopic (exact) mass is 354 g/mol. The summed E-state index contributed by atoms with van der Waals surface area (Å²) >= 11 is 0. The molecule has 0 atom stereocenters. The fraction of sp³-hybridized carbons (Fsp3) is 0.222. The summed E-state index contributed by atoms with van der Waals surface area (Å²) in [4.78, 5) is 27.5. The lowest BCUT2D eigenvalue weighted by Crippen LogP contribution is -2.36. The molecule has 2 N–H and O–H groups in total. The number of para-hydroxylation sites is 2. The molecule has 3 rings (SSSR count). The van der Waals surface area contributed by atoms with Gasteiger partial charge < -0.3 is 14.8 Å². The van der Waals surface area contributed by atoms with Crippen molar-refractivity contribution in [2.45, 2.75) is 19.4 Å². The van der Waals surface area contributed by atoms with Gasteiger partial charge in [-0.25, -0.2) is 10.4 Å². The van der Waals surface area contributed by atoms with Crippen LogP contribution in [0.3, 0.4) is 0 Å². The van der Waals surface area contributed by atoms with Crippen molar-refractivity contribution in [3.63, 3.8) is 0 Å². The standard InChI is InChI=1S/C18H18N4O4/c1-25-14-6-2-3-7-15(14)26-18-12(5-4-10-19-18)11-20-17(24)13-8-9-16(23)22-21-13/h2-7,10H,8-9,11H2,1H3,(H,20,24)(H,22,23). The van der Waals surface area contributed by atoms with Crippen molar-refractivity contribution in [1.29, 1.82) is 0 Å². The van der Waals surface area contributed by atoms with E-state index in [0.29, 0.717) is 35.1 Å². The number of rotatable bonds is 6. The molecule has 2 aromatic rings. The number of hydrogen-bond donors (Lipinski definition) is 2. The summed E-state index contributed by atoms with van der Waals surface area (Å²) in [5.74, 6) is 0.954. The summed E-state index contributed by atoms with van der Waals surface area (Å²) in [5, 5.41) is 6.54. The summed E-state index contributed by atoms with van der Waals surface area (Å²) in [6.45, 7) is 0.212. The molecule has 0 saturated heterocycles. The fourth-order valence-electron chi connectivity index (χ4n) is 2.37. The normalized spacial score (nSPS) is 13.4. The Morgan fingerprint density at radius 2 is 2.00 bits per heavy atom.